The Hall–Kier alpha value is -2.94. The van der Waals surface area contributed by atoms with Gasteiger partial charge in [-0.2, -0.15) is 0 Å². The third-order valence-electron chi connectivity index (χ3n) is 5.07. The van der Waals surface area contributed by atoms with Gasteiger partial charge in [-0.05, 0) is 36.8 Å². The molecule has 3 aliphatic rings. The van der Waals surface area contributed by atoms with Gasteiger partial charge in [0.2, 0.25) is 11.6 Å². The smallest absolute Gasteiger partial charge is 0.247 e. The Morgan fingerprint density at radius 2 is 2.00 bits per heavy atom. The third kappa shape index (κ3) is 1.77. The lowest BCUT2D eigenvalue weighted by atomic mass is 9.52. The SMILES string of the molecule is [C-]#[N+]c1cnc(NC2C3CC2C3)nc1-n1cnc2ccccc21. The summed E-state index contributed by atoms with van der Waals surface area (Å²) in [5, 5.41) is 3.42. The van der Waals surface area contributed by atoms with Crippen molar-refractivity contribution in [2.75, 3.05) is 5.32 Å². The van der Waals surface area contributed by atoms with Gasteiger partial charge >= 0.3 is 0 Å². The molecule has 2 bridgehead atoms. The summed E-state index contributed by atoms with van der Waals surface area (Å²) in [5.41, 5.74) is 2.25. The van der Waals surface area contributed by atoms with E-state index >= 15 is 0 Å². The van der Waals surface area contributed by atoms with E-state index in [-0.39, 0.29) is 0 Å². The van der Waals surface area contributed by atoms with E-state index in [4.69, 9.17) is 6.57 Å². The number of anilines is 1. The molecule has 1 aromatic carbocycles. The summed E-state index contributed by atoms with van der Waals surface area (Å²) < 4.78 is 1.86. The Morgan fingerprint density at radius 1 is 1.17 bits per heavy atom. The molecule has 112 valence electrons. The van der Waals surface area contributed by atoms with E-state index in [1.165, 1.54) is 12.8 Å². The summed E-state index contributed by atoms with van der Waals surface area (Å²) in [6, 6.07) is 8.35. The van der Waals surface area contributed by atoms with E-state index in [2.05, 4.69) is 25.1 Å². The van der Waals surface area contributed by atoms with E-state index in [1.807, 2.05) is 28.8 Å². The number of benzene rings is 1. The summed E-state index contributed by atoms with van der Waals surface area (Å²) in [6.07, 6.45) is 5.97. The fraction of sp³-hybridized carbons (Fsp3) is 0.294. The van der Waals surface area contributed by atoms with Crippen LogP contribution in [0.4, 0.5) is 11.6 Å². The van der Waals surface area contributed by atoms with Gasteiger partial charge in [0.15, 0.2) is 0 Å². The molecule has 6 nitrogen and oxygen atoms in total. The average Bonchev–Trinajstić information content (AvgIpc) is 2.94. The van der Waals surface area contributed by atoms with Gasteiger partial charge in [-0.25, -0.2) is 19.8 Å². The van der Waals surface area contributed by atoms with Crippen molar-refractivity contribution in [3.8, 4) is 5.82 Å². The van der Waals surface area contributed by atoms with Crippen LogP contribution in [-0.2, 0) is 0 Å². The monoisotopic (exact) mass is 302 g/mol. The van der Waals surface area contributed by atoms with E-state index < -0.39 is 0 Å². The van der Waals surface area contributed by atoms with Crippen LogP contribution in [0.25, 0.3) is 21.7 Å². The van der Waals surface area contributed by atoms with E-state index in [1.54, 1.807) is 12.5 Å². The normalized spacial score (nSPS) is 24.6. The number of aromatic nitrogens is 4. The largest absolute Gasteiger partial charge is 0.351 e. The van der Waals surface area contributed by atoms with E-state index in [0.29, 0.717) is 23.5 Å². The van der Waals surface area contributed by atoms with Crippen molar-refractivity contribution >= 4 is 22.7 Å². The van der Waals surface area contributed by atoms with Crippen LogP contribution in [-0.4, -0.2) is 25.6 Å². The zero-order valence-corrected chi connectivity index (χ0v) is 12.3. The van der Waals surface area contributed by atoms with E-state index in [9.17, 15) is 0 Å². The van der Waals surface area contributed by atoms with Gasteiger partial charge in [-0.3, -0.25) is 4.57 Å². The molecule has 6 heteroatoms. The first-order valence-electron chi connectivity index (χ1n) is 7.77. The second-order valence-electron chi connectivity index (χ2n) is 6.28. The van der Waals surface area contributed by atoms with Crippen molar-refractivity contribution in [3.05, 3.63) is 48.2 Å². The maximum Gasteiger partial charge on any atom is 0.247 e. The Labute approximate surface area is 133 Å². The van der Waals surface area contributed by atoms with Crippen LogP contribution in [0.1, 0.15) is 12.8 Å². The Bertz CT molecular complexity index is 939. The van der Waals surface area contributed by atoms with Gasteiger partial charge in [0.1, 0.15) is 12.1 Å². The summed E-state index contributed by atoms with van der Waals surface area (Å²) in [6.45, 7) is 7.38. The number of nitrogens with zero attached hydrogens (tertiary/aromatic N) is 5. The first kappa shape index (κ1) is 12.6. The number of fused-ring (bicyclic) bond motifs is 1. The van der Waals surface area contributed by atoms with Gasteiger partial charge in [-0.15, -0.1) is 0 Å². The number of nitrogens with one attached hydrogen (secondary N) is 1. The molecule has 0 atom stereocenters. The van der Waals surface area contributed by atoms with Crippen LogP contribution in [0.2, 0.25) is 0 Å². The molecule has 0 spiro atoms. The highest BCUT2D eigenvalue weighted by Gasteiger charge is 2.52. The molecule has 0 unspecified atom stereocenters. The Morgan fingerprint density at radius 3 is 2.74 bits per heavy atom. The van der Waals surface area contributed by atoms with Crippen LogP contribution in [0.5, 0.6) is 0 Å². The fourth-order valence-electron chi connectivity index (χ4n) is 3.49. The molecule has 0 aliphatic heterocycles. The predicted octanol–water partition coefficient (Wildman–Crippen LogP) is 3.19. The molecule has 3 aliphatic carbocycles. The predicted molar refractivity (Wildman–Crippen MR) is 86.5 cm³/mol. The molecule has 1 N–H and O–H groups in total. The highest BCUT2D eigenvalue weighted by atomic mass is 15.2. The molecule has 0 amide bonds. The number of rotatable bonds is 3. The third-order valence-corrected chi connectivity index (χ3v) is 5.07. The van der Waals surface area contributed by atoms with Crippen molar-refractivity contribution in [1.82, 2.24) is 19.5 Å². The molecule has 6 rings (SSSR count). The average molecular weight is 302 g/mol. The minimum absolute atomic E-state index is 0.428. The number of hydrogen-bond donors (Lipinski definition) is 1. The lowest BCUT2D eigenvalue weighted by Gasteiger charge is -2.58. The molecule has 3 saturated carbocycles. The van der Waals surface area contributed by atoms with Crippen molar-refractivity contribution in [1.29, 1.82) is 0 Å². The maximum absolute atomic E-state index is 7.38. The van der Waals surface area contributed by atoms with Crippen molar-refractivity contribution in [2.24, 2.45) is 11.8 Å². The van der Waals surface area contributed by atoms with Gasteiger partial charge in [0.25, 0.3) is 0 Å². The van der Waals surface area contributed by atoms with Crippen molar-refractivity contribution in [2.45, 2.75) is 18.9 Å². The minimum atomic E-state index is 0.428. The van der Waals surface area contributed by atoms with Gasteiger partial charge in [-0.1, -0.05) is 12.1 Å². The zero-order valence-electron chi connectivity index (χ0n) is 12.3. The number of hydrogen-bond acceptors (Lipinski definition) is 4. The Kier molecular flexibility index (Phi) is 2.48. The topological polar surface area (TPSA) is 60.0 Å². The quantitative estimate of drug-likeness (QED) is 0.755. The summed E-state index contributed by atoms with van der Waals surface area (Å²) >= 11 is 0. The van der Waals surface area contributed by atoms with Gasteiger partial charge in [0, 0.05) is 12.2 Å². The van der Waals surface area contributed by atoms with Crippen LogP contribution in [0.15, 0.2) is 36.8 Å². The standard InChI is InChI=1S/C17H14N6/c1-18-13-8-19-17(21-15-10-6-11(15)7-10)22-16(13)23-9-20-12-4-2-3-5-14(12)23/h2-5,8-11,15H,6-7H2,(H,19,21,22). The van der Waals surface area contributed by atoms with Gasteiger partial charge < -0.3 is 5.32 Å². The molecule has 23 heavy (non-hydrogen) atoms. The van der Waals surface area contributed by atoms with Gasteiger partial charge in [0.05, 0.1) is 17.6 Å². The first-order valence-corrected chi connectivity index (χ1v) is 7.77. The zero-order chi connectivity index (χ0) is 15.4. The lowest BCUT2D eigenvalue weighted by molar-refractivity contribution is -0.00435. The molecular weight excluding hydrogens is 288 g/mol. The fourth-order valence-corrected chi connectivity index (χ4v) is 3.49. The number of imidazole rings is 1. The lowest BCUT2D eigenvalue weighted by Crippen LogP contribution is -2.59. The van der Waals surface area contributed by atoms with Crippen LogP contribution >= 0.6 is 0 Å². The first-order chi connectivity index (χ1) is 11.3. The van der Waals surface area contributed by atoms with E-state index in [0.717, 1.165) is 22.9 Å². The molecule has 0 radical (unpaired) electrons. The van der Waals surface area contributed by atoms with Crippen molar-refractivity contribution < 1.29 is 0 Å². The Balaban J connectivity index is 1.58. The second-order valence-corrected chi connectivity index (χ2v) is 6.28. The second kappa shape index (κ2) is 4.53. The number of para-hydroxylation sites is 2. The highest BCUT2D eigenvalue weighted by molar-refractivity contribution is 5.78. The van der Waals surface area contributed by atoms with Crippen LogP contribution in [0.3, 0.4) is 0 Å². The molecule has 3 fully saturated rings. The maximum atomic E-state index is 7.38. The molecule has 2 aromatic heterocycles. The molecule has 3 aromatic rings. The highest BCUT2D eigenvalue weighted by Crippen LogP contribution is 2.54. The van der Waals surface area contributed by atoms with Crippen LogP contribution in [0, 0.1) is 18.4 Å². The molecule has 0 saturated heterocycles. The van der Waals surface area contributed by atoms with Crippen LogP contribution < -0.4 is 5.32 Å². The summed E-state index contributed by atoms with van der Waals surface area (Å²) in [4.78, 5) is 16.9. The summed E-state index contributed by atoms with van der Waals surface area (Å²) in [5.74, 6) is 2.74. The summed E-state index contributed by atoms with van der Waals surface area (Å²) in [7, 11) is 0. The van der Waals surface area contributed by atoms with Crippen molar-refractivity contribution in [3.63, 3.8) is 0 Å². The molecule has 2 heterocycles. The minimum Gasteiger partial charge on any atom is -0.351 e. The molecular formula is C17H14N6.